The number of carbonyl (C=O) groups is 1. The molecule has 3 nitrogen and oxygen atoms in total. The molecule has 0 amide bonds. The zero-order valence-corrected chi connectivity index (χ0v) is 9.93. The predicted molar refractivity (Wildman–Crippen MR) is 70.9 cm³/mol. The summed E-state index contributed by atoms with van der Waals surface area (Å²) < 4.78 is 0. The van der Waals surface area contributed by atoms with E-state index in [1.165, 1.54) is 0 Å². The number of benzene rings is 1. The number of carbonyl (C=O) groups excluding carboxylic acids is 1. The maximum Gasteiger partial charge on any atom is 0.171 e. The summed E-state index contributed by atoms with van der Waals surface area (Å²) in [6.07, 6.45) is 1.73. The summed E-state index contributed by atoms with van der Waals surface area (Å²) in [5.41, 5.74) is 1.54. The Morgan fingerprint density at radius 1 is 1.44 bits per heavy atom. The quantitative estimate of drug-likeness (QED) is 0.477. The molecule has 0 aliphatic heterocycles. The Labute approximate surface area is 101 Å². The molecule has 4 heteroatoms. The van der Waals surface area contributed by atoms with Gasteiger partial charge in [-0.1, -0.05) is 6.08 Å². The van der Waals surface area contributed by atoms with Crippen LogP contribution in [0.4, 0.5) is 5.69 Å². The number of Topliss-reactive ketones (excluding diaryl/α,β-unsaturated/α-hetero) is 1. The minimum absolute atomic E-state index is 0.0545. The molecule has 1 rings (SSSR count). The van der Waals surface area contributed by atoms with Crippen LogP contribution < -0.4 is 10.6 Å². The third kappa shape index (κ3) is 3.82. The van der Waals surface area contributed by atoms with Crippen LogP contribution >= 0.6 is 12.2 Å². The van der Waals surface area contributed by atoms with Gasteiger partial charge in [0.1, 0.15) is 0 Å². The van der Waals surface area contributed by atoms with Crippen molar-refractivity contribution in [3.05, 3.63) is 42.5 Å². The number of hydrogen-bond donors (Lipinski definition) is 2. The van der Waals surface area contributed by atoms with Crippen molar-refractivity contribution in [1.29, 1.82) is 0 Å². The second kappa shape index (κ2) is 6.02. The van der Waals surface area contributed by atoms with Crippen LogP contribution in [0.25, 0.3) is 0 Å². The van der Waals surface area contributed by atoms with Gasteiger partial charge >= 0.3 is 0 Å². The lowest BCUT2D eigenvalue weighted by molar-refractivity contribution is 0.101. The molecule has 0 saturated carbocycles. The zero-order chi connectivity index (χ0) is 12.0. The zero-order valence-electron chi connectivity index (χ0n) is 9.12. The van der Waals surface area contributed by atoms with Gasteiger partial charge in [-0.3, -0.25) is 4.79 Å². The van der Waals surface area contributed by atoms with Gasteiger partial charge < -0.3 is 10.6 Å². The molecule has 1 aromatic rings. The Hall–Kier alpha value is -1.68. The van der Waals surface area contributed by atoms with Gasteiger partial charge in [-0.15, -0.1) is 6.58 Å². The molecule has 0 atom stereocenters. The summed E-state index contributed by atoms with van der Waals surface area (Å²) in [6, 6.07) is 7.17. The van der Waals surface area contributed by atoms with Crippen LogP contribution in [0, 0.1) is 0 Å². The number of hydrogen-bond acceptors (Lipinski definition) is 2. The van der Waals surface area contributed by atoms with Gasteiger partial charge in [0.05, 0.1) is 0 Å². The summed E-state index contributed by atoms with van der Waals surface area (Å²) in [5, 5.41) is 6.50. The summed E-state index contributed by atoms with van der Waals surface area (Å²) in [5.74, 6) is 0.0545. The van der Waals surface area contributed by atoms with E-state index in [9.17, 15) is 4.79 Å². The van der Waals surface area contributed by atoms with Gasteiger partial charge in [0, 0.05) is 17.8 Å². The molecule has 0 unspecified atom stereocenters. The first-order valence-corrected chi connectivity index (χ1v) is 5.31. The highest BCUT2D eigenvalue weighted by Crippen LogP contribution is 2.09. The molecule has 0 heterocycles. The third-order valence-electron chi connectivity index (χ3n) is 1.96. The molecule has 0 bridgehead atoms. The van der Waals surface area contributed by atoms with Gasteiger partial charge in [0.25, 0.3) is 0 Å². The first kappa shape index (κ1) is 12.4. The second-order valence-corrected chi connectivity index (χ2v) is 3.67. The molecule has 0 aromatic heterocycles. The molecule has 0 spiro atoms. The molecule has 1 aromatic carbocycles. The molecule has 0 radical (unpaired) electrons. The Balaban J connectivity index is 2.58. The van der Waals surface area contributed by atoms with Gasteiger partial charge in [-0.25, -0.2) is 0 Å². The molecule has 84 valence electrons. The van der Waals surface area contributed by atoms with Crippen molar-refractivity contribution in [2.24, 2.45) is 0 Å². The second-order valence-electron chi connectivity index (χ2n) is 3.26. The third-order valence-corrected chi connectivity index (χ3v) is 2.20. The molecular weight excluding hydrogens is 220 g/mol. The monoisotopic (exact) mass is 234 g/mol. The van der Waals surface area contributed by atoms with Crippen molar-refractivity contribution >= 4 is 28.8 Å². The van der Waals surface area contributed by atoms with E-state index in [-0.39, 0.29) is 5.78 Å². The molecule has 0 saturated heterocycles. The van der Waals surface area contributed by atoms with E-state index in [2.05, 4.69) is 17.2 Å². The normalized spacial score (nSPS) is 9.31. The van der Waals surface area contributed by atoms with Crippen molar-refractivity contribution in [1.82, 2.24) is 5.32 Å². The predicted octanol–water partition coefficient (Wildman–Crippen LogP) is 2.36. The van der Waals surface area contributed by atoms with Crippen LogP contribution in [0.15, 0.2) is 36.9 Å². The van der Waals surface area contributed by atoms with Crippen LogP contribution in [0.1, 0.15) is 17.3 Å². The van der Waals surface area contributed by atoms with Crippen LogP contribution in [-0.4, -0.2) is 17.4 Å². The van der Waals surface area contributed by atoms with Crippen LogP contribution in [0.5, 0.6) is 0 Å². The summed E-state index contributed by atoms with van der Waals surface area (Å²) >= 11 is 5.05. The fourth-order valence-electron chi connectivity index (χ4n) is 1.13. The van der Waals surface area contributed by atoms with E-state index in [0.717, 1.165) is 5.69 Å². The van der Waals surface area contributed by atoms with E-state index in [4.69, 9.17) is 12.2 Å². The molecular formula is C12H14N2OS. The van der Waals surface area contributed by atoms with E-state index in [1.807, 2.05) is 12.1 Å². The number of nitrogens with one attached hydrogen (secondary N) is 2. The van der Waals surface area contributed by atoms with Gasteiger partial charge in [0.15, 0.2) is 10.9 Å². The SMILES string of the molecule is C=CCNC(=S)Nc1ccc(C(C)=O)cc1. The van der Waals surface area contributed by atoms with Gasteiger partial charge in [-0.05, 0) is 43.4 Å². The Kier molecular flexibility index (Phi) is 4.66. The largest absolute Gasteiger partial charge is 0.359 e. The summed E-state index contributed by atoms with van der Waals surface area (Å²) in [7, 11) is 0. The first-order valence-electron chi connectivity index (χ1n) is 4.90. The maximum atomic E-state index is 11.1. The van der Waals surface area contributed by atoms with Crippen molar-refractivity contribution in [2.75, 3.05) is 11.9 Å². The van der Waals surface area contributed by atoms with Crippen molar-refractivity contribution in [3.8, 4) is 0 Å². The fourth-order valence-corrected chi connectivity index (χ4v) is 1.33. The Morgan fingerprint density at radius 2 is 2.06 bits per heavy atom. The van der Waals surface area contributed by atoms with Crippen molar-refractivity contribution in [3.63, 3.8) is 0 Å². The van der Waals surface area contributed by atoms with Gasteiger partial charge in [0.2, 0.25) is 0 Å². The Bertz CT molecular complexity index is 398. The lowest BCUT2D eigenvalue weighted by Crippen LogP contribution is -2.28. The number of ketones is 1. The summed E-state index contributed by atoms with van der Waals surface area (Å²) in [4.78, 5) is 11.1. The highest BCUT2D eigenvalue weighted by Gasteiger charge is 1.99. The van der Waals surface area contributed by atoms with E-state index < -0.39 is 0 Å². The lowest BCUT2D eigenvalue weighted by Gasteiger charge is -2.08. The average Bonchev–Trinajstić information content (AvgIpc) is 2.27. The van der Waals surface area contributed by atoms with E-state index in [1.54, 1.807) is 25.1 Å². The molecule has 0 aliphatic rings. The minimum Gasteiger partial charge on any atom is -0.359 e. The van der Waals surface area contributed by atoms with E-state index in [0.29, 0.717) is 17.2 Å². The number of rotatable bonds is 4. The molecule has 0 fully saturated rings. The molecule has 16 heavy (non-hydrogen) atoms. The van der Waals surface area contributed by atoms with Gasteiger partial charge in [-0.2, -0.15) is 0 Å². The lowest BCUT2D eigenvalue weighted by atomic mass is 10.1. The van der Waals surface area contributed by atoms with Crippen molar-refractivity contribution in [2.45, 2.75) is 6.92 Å². The van der Waals surface area contributed by atoms with Crippen LogP contribution in [-0.2, 0) is 0 Å². The minimum atomic E-state index is 0.0545. The van der Waals surface area contributed by atoms with E-state index >= 15 is 0 Å². The first-order chi connectivity index (χ1) is 7.63. The number of thiocarbonyl (C=S) groups is 1. The smallest absolute Gasteiger partial charge is 0.171 e. The summed E-state index contributed by atoms with van der Waals surface area (Å²) in [6.45, 7) is 5.75. The average molecular weight is 234 g/mol. The molecule has 2 N–H and O–H groups in total. The fraction of sp³-hybridized carbons (Fsp3) is 0.167. The highest BCUT2D eigenvalue weighted by atomic mass is 32.1. The van der Waals surface area contributed by atoms with Crippen LogP contribution in [0.3, 0.4) is 0 Å². The maximum absolute atomic E-state index is 11.1. The Morgan fingerprint density at radius 3 is 2.56 bits per heavy atom. The van der Waals surface area contributed by atoms with Crippen LogP contribution in [0.2, 0.25) is 0 Å². The topological polar surface area (TPSA) is 41.1 Å². The standard InChI is InChI=1S/C12H14N2OS/c1-3-8-13-12(16)14-11-6-4-10(5-7-11)9(2)15/h3-7H,1,8H2,2H3,(H2,13,14,16). The molecule has 0 aliphatic carbocycles. The van der Waals surface area contributed by atoms with Crippen molar-refractivity contribution < 1.29 is 4.79 Å². The number of anilines is 1. The highest BCUT2D eigenvalue weighted by molar-refractivity contribution is 7.80.